The van der Waals surface area contributed by atoms with Crippen LogP contribution in [0.15, 0.2) is 30.3 Å². The minimum atomic E-state index is -1.58. The van der Waals surface area contributed by atoms with Gasteiger partial charge >= 0.3 is 29.8 Å². The number of carbonyl (C=O) groups excluding carboxylic acids is 7. The number of aryl methyl sites for hydroxylation is 1. The quantitative estimate of drug-likeness (QED) is 0.179. The van der Waals surface area contributed by atoms with Gasteiger partial charge in [0.1, 0.15) is 30.9 Å². The standard InChI is InChI=1S/C36H48O15/c1-19(37)15-27-29(14-13-26-11-9-8-10-12-26)49-30(17-44-21(3)39)28(16-20(2)38)32(27)51-36-35(48-25(7)43)34(47-24(6)42)33(46-23(5)41)31(50-36)18-45-22(4)40/h8-12,27-36H,13-18H2,1-7H3/t27-,28-,29+,30+,31+,32+,33-,34-,35+,36-/m0/s1. The van der Waals surface area contributed by atoms with E-state index in [1.807, 2.05) is 30.3 Å². The molecule has 2 fully saturated rings. The summed E-state index contributed by atoms with van der Waals surface area (Å²) >= 11 is 0. The largest absolute Gasteiger partial charge is 0.463 e. The Balaban J connectivity index is 2.17. The van der Waals surface area contributed by atoms with E-state index in [2.05, 4.69) is 0 Å². The van der Waals surface area contributed by atoms with Crippen LogP contribution in [0.25, 0.3) is 0 Å². The Hall–Kier alpha value is -4.21. The van der Waals surface area contributed by atoms with Crippen molar-refractivity contribution in [2.45, 2.75) is 123 Å². The molecule has 0 aliphatic carbocycles. The Morgan fingerprint density at radius 3 is 1.55 bits per heavy atom. The van der Waals surface area contributed by atoms with E-state index in [0.29, 0.717) is 12.8 Å². The zero-order valence-corrected chi connectivity index (χ0v) is 30.0. The SMILES string of the molecule is CC(=O)C[C@@H]1[C@@H](O[C@@H]2O[C@H](COC(C)=O)[C@H](OC(C)=O)[C@H](OC(C)=O)[C@H]2OC(C)=O)[C@@H](CC(C)=O)[C@@H](COC(C)=O)O[C@@H]1CCc1ccccc1. The third kappa shape index (κ3) is 12.8. The smallest absolute Gasteiger partial charge is 0.303 e. The molecule has 1 aromatic rings. The molecule has 0 N–H and O–H groups in total. The van der Waals surface area contributed by atoms with Crippen LogP contribution in [0, 0.1) is 11.8 Å². The summed E-state index contributed by atoms with van der Waals surface area (Å²) in [6.07, 6.45) is -9.13. The van der Waals surface area contributed by atoms with Gasteiger partial charge < -0.3 is 47.5 Å². The van der Waals surface area contributed by atoms with Crippen LogP contribution in [0.5, 0.6) is 0 Å². The molecule has 282 valence electrons. The predicted octanol–water partition coefficient (Wildman–Crippen LogP) is 2.61. The van der Waals surface area contributed by atoms with Crippen molar-refractivity contribution in [2.24, 2.45) is 11.8 Å². The Morgan fingerprint density at radius 2 is 1.04 bits per heavy atom. The zero-order valence-electron chi connectivity index (χ0n) is 30.0. The fraction of sp³-hybridized carbons (Fsp3) is 0.639. The molecule has 51 heavy (non-hydrogen) atoms. The normalized spacial score (nSPS) is 28.8. The van der Waals surface area contributed by atoms with Gasteiger partial charge in [-0.1, -0.05) is 30.3 Å². The Labute approximate surface area is 296 Å². The number of rotatable bonds is 16. The van der Waals surface area contributed by atoms with Crippen molar-refractivity contribution in [2.75, 3.05) is 13.2 Å². The zero-order chi connectivity index (χ0) is 37.8. The molecule has 2 saturated heterocycles. The lowest BCUT2D eigenvalue weighted by Gasteiger charge is -2.50. The maximum Gasteiger partial charge on any atom is 0.303 e. The van der Waals surface area contributed by atoms with Gasteiger partial charge in [-0.2, -0.15) is 0 Å². The van der Waals surface area contributed by atoms with Crippen molar-refractivity contribution in [3.8, 4) is 0 Å². The van der Waals surface area contributed by atoms with E-state index in [-0.39, 0.29) is 31.0 Å². The third-order valence-corrected chi connectivity index (χ3v) is 8.45. The van der Waals surface area contributed by atoms with E-state index in [1.54, 1.807) is 0 Å². The van der Waals surface area contributed by atoms with Crippen molar-refractivity contribution in [1.82, 2.24) is 0 Å². The summed E-state index contributed by atoms with van der Waals surface area (Å²) in [7, 11) is 0. The average molecular weight is 721 g/mol. The van der Waals surface area contributed by atoms with E-state index in [0.717, 1.165) is 33.3 Å². The fourth-order valence-corrected chi connectivity index (χ4v) is 6.58. The highest BCUT2D eigenvalue weighted by Gasteiger charge is 2.56. The second-order valence-corrected chi connectivity index (χ2v) is 12.8. The monoisotopic (exact) mass is 720 g/mol. The van der Waals surface area contributed by atoms with Crippen molar-refractivity contribution >= 4 is 41.4 Å². The highest BCUT2D eigenvalue weighted by molar-refractivity contribution is 5.77. The lowest BCUT2D eigenvalue weighted by atomic mass is 9.75. The van der Waals surface area contributed by atoms with Crippen molar-refractivity contribution in [3.63, 3.8) is 0 Å². The Kier molecular flexibility index (Phi) is 15.7. The maximum absolute atomic E-state index is 12.8. The number of carbonyl (C=O) groups is 7. The molecule has 0 saturated carbocycles. The summed E-state index contributed by atoms with van der Waals surface area (Å²) in [5, 5.41) is 0. The first kappa shape index (κ1) is 41.2. The van der Waals surface area contributed by atoms with Crippen LogP contribution < -0.4 is 0 Å². The van der Waals surface area contributed by atoms with Gasteiger partial charge in [0.25, 0.3) is 0 Å². The highest BCUT2D eigenvalue weighted by Crippen LogP contribution is 2.41. The second-order valence-electron chi connectivity index (χ2n) is 12.8. The number of hydrogen-bond acceptors (Lipinski definition) is 15. The molecule has 2 aliphatic heterocycles. The molecule has 2 heterocycles. The average Bonchev–Trinajstić information content (AvgIpc) is 3.02. The number of esters is 5. The number of ether oxygens (including phenoxy) is 8. The van der Waals surface area contributed by atoms with Crippen molar-refractivity contribution in [1.29, 1.82) is 0 Å². The molecular weight excluding hydrogens is 672 g/mol. The van der Waals surface area contributed by atoms with Gasteiger partial charge in [0.2, 0.25) is 0 Å². The highest BCUT2D eigenvalue weighted by atomic mass is 16.7. The Bertz CT molecular complexity index is 1390. The Morgan fingerprint density at radius 1 is 0.549 bits per heavy atom. The number of benzene rings is 1. The molecule has 0 amide bonds. The van der Waals surface area contributed by atoms with E-state index in [4.69, 9.17) is 37.9 Å². The summed E-state index contributed by atoms with van der Waals surface area (Å²) in [6.45, 7) is 7.77. The summed E-state index contributed by atoms with van der Waals surface area (Å²) in [5.41, 5.74) is 1.00. The lowest BCUT2D eigenvalue weighted by Crippen LogP contribution is -2.65. The molecular formula is C36H48O15. The molecule has 2 aliphatic rings. The fourth-order valence-electron chi connectivity index (χ4n) is 6.58. The summed E-state index contributed by atoms with van der Waals surface area (Å²) in [6, 6.07) is 9.57. The van der Waals surface area contributed by atoms with Crippen LogP contribution in [-0.2, 0) is 77.9 Å². The topological polar surface area (TPSA) is 193 Å². The molecule has 0 radical (unpaired) electrons. The summed E-state index contributed by atoms with van der Waals surface area (Å²) in [5.74, 6) is -5.68. The maximum atomic E-state index is 12.8. The molecule has 10 atom stereocenters. The van der Waals surface area contributed by atoms with Gasteiger partial charge in [-0.25, -0.2) is 0 Å². The molecule has 0 spiro atoms. The molecule has 15 heteroatoms. The van der Waals surface area contributed by atoms with Gasteiger partial charge in [0, 0.05) is 59.3 Å². The van der Waals surface area contributed by atoms with Crippen LogP contribution in [0.4, 0.5) is 0 Å². The predicted molar refractivity (Wildman–Crippen MR) is 174 cm³/mol. The minimum Gasteiger partial charge on any atom is -0.463 e. The van der Waals surface area contributed by atoms with E-state index >= 15 is 0 Å². The molecule has 15 nitrogen and oxygen atoms in total. The van der Waals surface area contributed by atoms with Crippen LogP contribution in [0.3, 0.4) is 0 Å². The van der Waals surface area contributed by atoms with Crippen molar-refractivity contribution in [3.05, 3.63) is 35.9 Å². The summed E-state index contributed by atoms with van der Waals surface area (Å²) in [4.78, 5) is 86.4. The van der Waals surface area contributed by atoms with Gasteiger partial charge in [-0.05, 0) is 32.3 Å². The van der Waals surface area contributed by atoms with Crippen LogP contribution >= 0.6 is 0 Å². The molecule has 1 aromatic carbocycles. The first-order valence-electron chi connectivity index (χ1n) is 16.8. The molecule has 0 bridgehead atoms. The minimum absolute atomic E-state index is 0.0515. The molecule has 0 aromatic heterocycles. The summed E-state index contributed by atoms with van der Waals surface area (Å²) < 4.78 is 46.7. The van der Waals surface area contributed by atoms with Crippen LogP contribution in [-0.4, -0.2) is 104 Å². The van der Waals surface area contributed by atoms with Gasteiger partial charge in [0.15, 0.2) is 24.6 Å². The van der Waals surface area contributed by atoms with Crippen LogP contribution in [0.2, 0.25) is 0 Å². The van der Waals surface area contributed by atoms with Gasteiger partial charge in [-0.3, -0.25) is 24.0 Å². The number of ketones is 2. The first-order valence-corrected chi connectivity index (χ1v) is 16.8. The second kappa shape index (κ2) is 19.4. The van der Waals surface area contributed by atoms with Gasteiger partial charge in [0.05, 0.1) is 18.3 Å². The molecule has 0 unspecified atom stereocenters. The van der Waals surface area contributed by atoms with E-state index in [1.165, 1.54) is 20.8 Å². The molecule has 3 rings (SSSR count). The first-order chi connectivity index (χ1) is 24.0. The van der Waals surface area contributed by atoms with E-state index < -0.39 is 97.3 Å². The van der Waals surface area contributed by atoms with Crippen LogP contribution in [0.1, 0.15) is 73.3 Å². The number of Topliss-reactive ketones (excluding diaryl/α,β-unsaturated/α-hetero) is 2. The third-order valence-electron chi connectivity index (χ3n) is 8.45. The van der Waals surface area contributed by atoms with Gasteiger partial charge in [-0.15, -0.1) is 0 Å². The van der Waals surface area contributed by atoms with E-state index in [9.17, 15) is 33.6 Å². The van der Waals surface area contributed by atoms with Crippen molar-refractivity contribution < 1.29 is 71.5 Å². The number of hydrogen-bond donors (Lipinski definition) is 0. The lowest BCUT2D eigenvalue weighted by molar-refractivity contribution is -0.335.